The van der Waals surface area contributed by atoms with Gasteiger partial charge in [-0.2, -0.15) is 0 Å². The molecule has 0 saturated carbocycles. The molecule has 18 heavy (non-hydrogen) atoms. The summed E-state index contributed by atoms with van der Waals surface area (Å²) in [5.41, 5.74) is 2.02. The lowest BCUT2D eigenvalue weighted by Crippen LogP contribution is -2.24. The van der Waals surface area contributed by atoms with Crippen molar-refractivity contribution in [1.82, 2.24) is 0 Å². The molecule has 3 nitrogen and oxygen atoms in total. The molecule has 0 aromatic heterocycles. The summed E-state index contributed by atoms with van der Waals surface area (Å²) in [6, 6.07) is 5.92. The SMILES string of the molecule is CC(C)OCCN(C)c1ccc([C@@H](C)O)cc1Br. The summed E-state index contributed by atoms with van der Waals surface area (Å²) >= 11 is 3.54. The molecule has 0 spiro atoms. The maximum Gasteiger partial charge on any atom is 0.0762 e. The van der Waals surface area contributed by atoms with Crippen molar-refractivity contribution >= 4 is 21.6 Å². The van der Waals surface area contributed by atoms with Gasteiger partial charge in [0.15, 0.2) is 0 Å². The van der Waals surface area contributed by atoms with Crippen LogP contribution in [0, 0.1) is 0 Å². The number of likely N-dealkylation sites (N-methyl/N-ethyl adjacent to an activating group) is 1. The Morgan fingerprint density at radius 3 is 2.50 bits per heavy atom. The molecular formula is C14H22BrNO2. The fourth-order valence-corrected chi connectivity index (χ4v) is 2.34. The highest BCUT2D eigenvalue weighted by atomic mass is 79.9. The highest BCUT2D eigenvalue weighted by Gasteiger charge is 2.09. The second-order valence-electron chi connectivity index (χ2n) is 4.73. The largest absolute Gasteiger partial charge is 0.389 e. The standard InChI is InChI=1S/C14H22BrNO2/c1-10(2)18-8-7-16(4)14-6-5-12(11(3)17)9-13(14)15/h5-6,9-11,17H,7-8H2,1-4H3/t11-/m1/s1. The number of ether oxygens (including phenoxy) is 1. The van der Waals surface area contributed by atoms with Crippen molar-refractivity contribution in [3.63, 3.8) is 0 Å². The minimum absolute atomic E-state index is 0.263. The summed E-state index contributed by atoms with van der Waals surface area (Å²) in [6.07, 6.45) is -0.176. The smallest absolute Gasteiger partial charge is 0.0762 e. The summed E-state index contributed by atoms with van der Waals surface area (Å²) in [5.74, 6) is 0. The lowest BCUT2D eigenvalue weighted by Gasteiger charge is -2.22. The van der Waals surface area contributed by atoms with Gasteiger partial charge in [-0.25, -0.2) is 0 Å². The Morgan fingerprint density at radius 1 is 1.33 bits per heavy atom. The number of hydrogen-bond acceptors (Lipinski definition) is 3. The molecule has 0 radical (unpaired) electrons. The number of nitrogens with zero attached hydrogens (tertiary/aromatic N) is 1. The van der Waals surface area contributed by atoms with E-state index in [0.717, 1.165) is 22.3 Å². The van der Waals surface area contributed by atoms with Crippen molar-refractivity contribution in [2.24, 2.45) is 0 Å². The van der Waals surface area contributed by atoms with E-state index in [1.165, 1.54) is 0 Å². The molecule has 0 amide bonds. The predicted molar refractivity (Wildman–Crippen MR) is 79.1 cm³/mol. The Hall–Kier alpha value is -0.580. The van der Waals surface area contributed by atoms with Gasteiger partial charge in [-0.1, -0.05) is 6.07 Å². The fourth-order valence-electron chi connectivity index (χ4n) is 1.64. The van der Waals surface area contributed by atoms with Gasteiger partial charge in [0.1, 0.15) is 0 Å². The van der Waals surface area contributed by atoms with Gasteiger partial charge in [-0.15, -0.1) is 0 Å². The van der Waals surface area contributed by atoms with E-state index in [-0.39, 0.29) is 6.10 Å². The van der Waals surface area contributed by atoms with Crippen LogP contribution in [0.25, 0.3) is 0 Å². The number of benzene rings is 1. The van der Waals surface area contributed by atoms with E-state index in [0.29, 0.717) is 6.61 Å². The third-order valence-corrected chi connectivity index (χ3v) is 3.38. The zero-order valence-corrected chi connectivity index (χ0v) is 13.1. The first-order valence-corrected chi connectivity index (χ1v) is 7.01. The van der Waals surface area contributed by atoms with Crippen molar-refractivity contribution in [1.29, 1.82) is 0 Å². The van der Waals surface area contributed by atoms with E-state index in [2.05, 4.69) is 20.8 Å². The number of rotatable bonds is 6. The van der Waals surface area contributed by atoms with Crippen LogP contribution in [0.15, 0.2) is 22.7 Å². The quantitative estimate of drug-likeness (QED) is 0.873. The first-order chi connectivity index (χ1) is 8.41. The molecule has 0 fully saturated rings. The molecule has 0 bridgehead atoms. The molecule has 4 heteroatoms. The maximum absolute atomic E-state index is 9.53. The van der Waals surface area contributed by atoms with Gasteiger partial charge < -0.3 is 14.7 Å². The molecule has 1 N–H and O–H groups in total. The third-order valence-electron chi connectivity index (χ3n) is 2.74. The molecule has 1 aromatic carbocycles. The molecular weight excluding hydrogens is 294 g/mol. The molecule has 0 unspecified atom stereocenters. The summed E-state index contributed by atoms with van der Waals surface area (Å²) < 4.78 is 6.53. The van der Waals surface area contributed by atoms with Gasteiger partial charge in [-0.3, -0.25) is 0 Å². The molecule has 0 aliphatic heterocycles. The number of aliphatic hydroxyl groups excluding tert-OH is 1. The molecule has 0 aliphatic rings. The molecule has 102 valence electrons. The van der Waals surface area contributed by atoms with Crippen LogP contribution in [0.2, 0.25) is 0 Å². The Morgan fingerprint density at radius 2 is 2.00 bits per heavy atom. The van der Waals surface area contributed by atoms with E-state index in [1.54, 1.807) is 6.92 Å². The van der Waals surface area contributed by atoms with Crippen molar-refractivity contribution < 1.29 is 9.84 Å². The lowest BCUT2D eigenvalue weighted by atomic mass is 10.1. The van der Waals surface area contributed by atoms with Crippen LogP contribution in [0.5, 0.6) is 0 Å². The van der Waals surface area contributed by atoms with E-state index in [1.807, 2.05) is 39.1 Å². The molecule has 0 aliphatic carbocycles. The van der Waals surface area contributed by atoms with Gasteiger partial charge in [0, 0.05) is 18.1 Å². The van der Waals surface area contributed by atoms with Crippen molar-refractivity contribution in [3.8, 4) is 0 Å². The summed E-state index contributed by atoms with van der Waals surface area (Å²) in [4.78, 5) is 2.14. The van der Waals surface area contributed by atoms with Crippen LogP contribution in [-0.4, -0.2) is 31.4 Å². The first-order valence-electron chi connectivity index (χ1n) is 6.22. The number of hydrogen-bond donors (Lipinski definition) is 1. The van der Waals surface area contributed by atoms with Crippen LogP contribution in [0.3, 0.4) is 0 Å². The molecule has 1 atom stereocenters. The average molecular weight is 316 g/mol. The van der Waals surface area contributed by atoms with Crippen LogP contribution in [0.4, 0.5) is 5.69 Å². The summed E-state index contributed by atoms with van der Waals surface area (Å²) in [7, 11) is 2.03. The summed E-state index contributed by atoms with van der Waals surface area (Å²) in [5, 5.41) is 9.53. The maximum atomic E-state index is 9.53. The Bertz CT molecular complexity index is 380. The molecule has 1 rings (SSSR count). The van der Waals surface area contributed by atoms with Crippen molar-refractivity contribution in [3.05, 3.63) is 28.2 Å². The third kappa shape index (κ3) is 4.59. The lowest BCUT2D eigenvalue weighted by molar-refractivity contribution is 0.0846. The van der Waals surface area contributed by atoms with Gasteiger partial charge in [-0.05, 0) is 54.4 Å². The second kappa shape index (κ2) is 7.12. The zero-order valence-electron chi connectivity index (χ0n) is 11.5. The average Bonchev–Trinajstić information content (AvgIpc) is 2.27. The molecule has 0 heterocycles. The van der Waals surface area contributed by atoms with E-state index >= 15 is 0 Å². The molecule has 1 aromatic rings. The van der Waals surface area contributed by atoms with Crippen molar-refractivity contribution in [2.45, 2.75) is 33.0 Å². The van der Waals surface area contributed by atoms with Gasteiger partial charge >= 0.3 is 0 Å². The monoisotopic (exact) mass is 315 g/mol. The second-order valence-corrected chi connectivity index (χ2v) is 5.58. The van der Waals surface area contributed by atoms with E-state index in [4.69, 9.17) is 4.74 Å². The van der Waals surface area contributed by atoms with Crippen LogP contribution >= 0.6 is 15.9 Å². The topological polar surface area (TPSA) is 32.7 Å². The fraction of sp³-hybridized carbons (Fsp3) is 0.571. The zero-order chi connectivity index (χ0) is 13.7. The van der Waals surface area contributed by atoms with Crippen LogP contribution in [-0.2, 0) is 4.74 Å². The number of anilines is 1. The van der Waals surface area contributed by atoms with Gasteiger partial charge in [0.05, 0.1) is 24.5 Å². The van der Waals surface area contributed by atoms with Crippen LogP contribution in [0.1, 0.15) is 32.4 Å². The minimum Gasteiger partial charge on any atom is -0.389 e. The van der Waals surface area contributed by atoms with Gasteiger partial charge in [0.25, 0.3) is 0 Å². The Balaban J connectivity index is 2.65. The highest BCUT2D eigenvalue weighted by molar-refractivity contribution is 9.10. The Kier molecular flexibility index (Phi) is 6.12. The molecule has 0 saturated heterocycles. The number of aliphatic hydroxyl groups is 1. The highest BCUT2D eigenvalue weighted by Crippen LogP contribution is 2.28. The van der Waals surface area contributed by atoms with Gasteiger partial charge in [0.2, 0.25) is 0 Å². The van der Waals surface area contributed by atoms with Crippen LogP contribution < -0.4 is 4.90 Å². The van der Waals surface area contributed by atoms with Crippen molar-refractivity contribution in [2.75, 3.05) is 25.1 Å². The predicted octanol–water partition coefficient (Wildman–Crippen LogP) is 3.36. The summed E-state index contributed by atoms with van der Waals surface area (Å²) in [6.45, 7) is 7.38. The minimum atomic E-state index is -0.440. The number of halogens is 1. The Labute approximate surface area is 118 Å². The van der Waals surface area contributed by atoms with E-state index < -0.39 is 6.10 Å². The van der Waals surface area contributed by atoms with E-state index in [9.17, 15) is 5.11 Å². The normalized spacial score (nSPS) is 12.8. The first kappa shape index (κ1) is 15.5.